The van der Waals surface area contributed by atoms with Gasteiger partial charge in [0.1, 0.15) is 12.4 Å². The van der Waals surface area contributed by atoms with E-state index < -0.39 is 10.0 Å². The molecule has 7 nitrogen and oxygen atoms in total. The Bertz CT molecular complexity index is 998. The lowest BCUT2D eigenvalue weighted by Crippen LogP contribution is -2.48. The third kappa shape index (κ3) is 6.40. The van der Waals surface area contributed by atoms with Gasteiger partial charge in [0.05, 0.1) is 5.75 Å². The number of ether oxygens (including phenoxy) is 1. The molecule has 0 unspecified atom stereocenters. The van der Waals surface area contributed by atoms with E-state index in [-0.39, 0.29) is 11.7 Å². The van der Waals surface area contributed by atoms with Gasteiger partial charge in [-0.2, -0.15) is 4.31 Å². The molecule has 0 saturated carbocycles. The van der Waals surface area contributed by atoms with Gasteiger partial charge < -0.3 is 10.1 Å². The van der Waals surface area contributed by atoms with Crippen LogP contribution in [-0.2, 0) is 16.6 Å². The Kier molecular flexibility index (Phi) is 7.84. The minimum atomic E-state index is -3.12. The van der Waals surface area contributed by atoms with E-state index in [1.807, 2.05) is 30.3 Å². The molecule has 2 aromatic carbocycles. The van der Waals surface area contributed by atoms with Crippen molar-refractivity contribution >= 4 is 21.6 Å². The molecule has 3 rings (SSSR count). The molecule has 8 heteroatoms. The lowest BCUT2D eigenvalue weighted by Gasteiger charge is -2.33. The lowest BCUT2D eigenvalue weighted by atomic mass is 10.1. The summed E-state index contributed by atoms with van der Waals surface area (Å²) in [4.78, 5) is 14.8. The maximum Gasteiger partial charge on any atom is 0.255 e. The van der Waals surface area contributed by atoms with Gasteiger partial charge in [-0.15, -0.1) is 0 Å². The van der Waals surface area contributed by atoms with Crippen LogP contribution in [-0.4, -0.2) is 62.1 Å². The number of nitrogens with one attached hydrogen (secondary N) is 1. The zero-order valence-corrected chi connectivity index (χ0v) is 18.6. The van der Waals surface area contributed by atoms with Gasteiger partial charge in [-0.3, -0.25) is 9.69 Å². The Balaban J connectivity index is 1.53. The average molecular weight is 444 g/mol. The van der Waals surface area contributed by atoms with E-state index in [2.05, 4.69) is 16.8 Å². The number of hydrogen-bond acceptors (Lipinski definition) is 5. The first-order valence-corrected chi connectivity index (χ1v) is 12.0. The summed E-state index contributed by atoms with van der Waals surface area (Å²) in [6.45, 7) is 8.87. The molecule has 0 aliphatic carbocycles. The molecule has 1 N–H and O–H groups in total. The van der Waals surface area contributed by atoms with Gasteiger partial charge in [0.15, 0.2) is 0 Å². The summed E-state index contributed by atoms with van der Waals surface area (Å²) in [6, 6.07) is 14.7. The van der Waals surface area contributed by atoms with E-state index in [0.717, 1.165) is 12.1 Å². The van der Waals surface area contributed by atoms with Crippen molar-refractivity contribution in [3.8, 4) is 5.75 Å². The number of benzene rings is 2. The molecule has 166 valence electrons. The van der Waals surface area contributed by atoms with E-state index in [9.17, 15) is 13.2 Å². The highest BCUT2D eigenvalue weighted by Gasteiger charge is 2.25. The molecule has 0 aromatic heterocycles. The number of nitrogens with zero attached hydrogens (tertiary/aromatic N) is 2. The fraction of sp³-hybridized carbons (Fsp3) is 0.348. The average Bonchev–Trinajstić information content (AvgIpc) is 2.79. The molecule has 1 aliphatic heterocycles. The standard InChI is InChI=1S/C23H29N3O4S/c1-3-16-30-22-7-5-6-21(17-22)24-23(27)20-10-8-19(9-11-20)18-25-12-14-26(15-13-25)31(28,29)4-2/h3,5-11,17H,1,4,12-16,18H2,2H3,(H,24,27). The first-order chi connectivity index (χ1) is 14.9. The van der Waals surface area contributed by atoms with Crippen LogP contribution >= 0.6 is 0 Å². The predicted octanol–water partition coefficient (Wildman–Crippen LogP) is 2.97. The molecular weight excluding hydrogens is 414 g/mol. The highest BCUT2D eigenvalue weighted by atomic mass is 32.2. The third-order valence-electron chi connectivity index (χ3n) is 5.17. The largest absolute Gasteiger partial charge is 0.489 e. The molecule has 1 saturated heterocycles. The first-order valence-electron chi connectivity index (χ1n) is 10.4. The molecule has 0 bridgehead atoms. The van der Waals surface area contributed by atoms with E-state index in [1.54, 1.807) is 35.5 Å². The van der Waals surface area contributed by atoms with Crippen molar-refractivity contribution in [3.05, 3.63) is 72.3 Å². The quantitative estimate of drug-likeness (QED) is 0.603. The summed E-state index contributed by atoms with van der Waals surface area (Å²) in [6.07, 6.45) is 1.67. The second kappa shape index (κ2) is 10.6. The number of hydrogen-bond donors (Lipinski definition) is 1. The number of carbonyl (C=O) groups excluding carboxylic acids is 1. The van der Waals surface area contributed by atoms with Crippen molar-refractivity contribution in [1.29, 1.82) is 0 Å². The van der Waals surface area contributed by atoms with Crippen LogP contribution in [0.5, 0.6) is 5.75 Å². The Morgan fingerprint density at radius 3 is 2.48 bits per heavy atom. The zero-order chi connectivity index (χ0) is 22.3. The smallest absolute Gasteiger partial charge is 0.255 e. The van der Waals surface area contributed by atoms with Gasteiger partial charge in [0.25, 0.3) is 5.91 Å². The first kappa shape index (κ1) is 23.0. The van der Waals surface area contributed by atoms with Gasteiger partial charge in [-0.25, -0.2) is 8.42 Å². The van der Waals surface area contributed by atoms with Crippen molar-refractivity contribution < 1.29 is 17.9 Å². The van der Waals surface area contributed by atoms with Crippen LogP contribution < -0.4 is 10.1 Å². The highest BCUT2D eigenvalue weighted by molar-refractivity contribution is 7.89. The Morgan fingerprint density at radius 2 is 1.84 bits per heavy atom. The van der Waals surface area contributed by atoms with Crippen LogP contribution in [0, 0.1) is 0 Å². The summed E-state index contributed by atoms with van der Waals surface area (Å²) in [5.41, 5.74) is 2.32. The zero-order valence-electron chi connectivity index (χ0n) is 17.8. The van der Waals surface area contributed by atoms with Crippen LogP contribution in [0.25, 0.3) is 0 Å². The van der Waals surface area contributed by atoms with Crippen molar-refractivity contribution in [1.82, 2.24) is 9.21 Å². The van der Waals surface area contributed by atoms with E-state index in [1.165, 1.54) is 0 Å². The van der Waals surface area contributed by atoms with E-state index in [0.29, 0.717) is 49.8 Å². The van der Waals surface area contributed by atoms with Crippen molar-refractivity contribution in [2.45, 2.75) is 13.5 Å². The monoisotopic (exact) mass is 443 g/mol. The van der Waals surface area contributed by atoms with Gasteiger partial charge >= 0.3 is 0 Å². The molecule has 0 spiro atoms. The summed E-state index contributed by atoms with van der Waals surface area (Å²) in [5, 5.41) is 2.88. The van der Waals surface area contributed by atoms with Crippen LogP contribution in [0.15, 0.2) is 61.2 Å². The number of sulfonamides is 1. The highest BCUT2D eigenvalue weighted by Crippen LogP contribution is 2.19. The van der Waals surface area contributed by atoms with E-state index in [4.69, 9.17) is 4.74 Å². The van der Waals surface area contributed by atoms with Crippen molar-refractivity contribution in [2.24, 2.45) is 0 Å². The molecule has 0 atom stereocenters. The van der Waals surface area contributed by atoms with E-state index >= 15 is 0 Å². The summed E-state index contributed by atoms with van der Waals surface area (Å²) >= 11 is 0. The number of carbonyl (C=O) groups is 1. The summed E-state index contributed by atoms with van der Waals surface area (Å²) in [7, 11) is -3.12. The SMILES string of the molecule is C=CCOc1cccc(NC(=O)c2ccc(CN3CCN(S(=O)(=O)CC)CC3)cc2)c1. The second-order valence-corrected chi connectivity index (χ2v) is 9.61. The van der Waals surface area contributed by atoms with Crippen LogP contribution in [0.4, 0.5) is 5.69 Å². The normalized spacial score (nSPS) is 15.4. The van der Waals surface area contributed by atoms with Gasteiger partial charge in [-0.1, -0.05) is 30.9 Å². The lowest BCUT2D eigenvalue weighted by molar-refractivity contribution is 0.102. The van der Waals surface area contributed by atoms with Crippen LogP contribution in [0.1, 0.15) is 22.8 Å². The molecule has 2 aromatic rings. The molecule has 1 heterocycles. The number of amides is 1. The van der Waals surface area contributed by atoms with Gasteiger partial charge in [0.2, 0.25) is 10.0 Å². The Labute approximate surface area is 184 Å². The molecule has 0 radical (unpaired) electrons. The van der Waals surface area contributed by atoms with Gasteiger partial charge in [-0.05, 0) is 36.8 Å². The van der Waals surface area contributed by atoms with Crippen molar-refractivity contribution in [3.63, 3.8) is 0 Å². The summed E-state index contributed by atoms with van der Waals surface area (Å²) < 4.78 is 31.0. The predicted molar refractivity (Wildman–Crippen MR) is 123 cm³/mol. The second-order valence-electron chi connectivity index (χ2n) is 7.35. The molecule has 1 aliphatic rings. The third-order valence-corrected chi connectivity index (χ3v) is 7.05. The maximum absolute atomic E-state index is 12.6. The Morgan fingerprint density at radius 1 is 1.13 bits per heavy atom. The minimum absolute atomic E-state index is 0.142. The van der Waals surface area contributed by atoms with Crippen LogP contribution in [0.3, 0.4) is 0 Å². The molecule has 31 heavy (non-hydrogen) atoms. The maximum atomic E-state index is 12.6. The van der Waals surface area contributed by atoms with Crippen LogP contribution in [0.2, 0.25) is 0 Å². The number of anilines is 1. The summed E-state index contributed by atoms with van der Waals surface area (Å²) in [5.74, 6) is 0.619. The molecule has 1 amide bonds. The van der Waals surface area contributed by atoms with Gasteiger partial charge in [0, 0.05) is 50.0 Å². The Hall–Kier alpha value is -2.68. The number of rotatable bonds is 9. The minimum Gasteiger partial charge on any atom is -0.489 e. The van der Waals surface area contributed by atoms with Crippen molar-refractivity contribution in [2.75, 3.05) is 43.9 Å². The number of piperazine rings is 1. The fourth-order valence-corrected chi connectivity index (χ4v) is 4.47. The topological polar surface area (TPSA) is 79.0 Å². The molecular formula is C23H29N3O4S. The molecule has 1 fully saturated rings. The fourth-order valence-electron chi connectivity index (χ4n) is 3.39.